The molecule has 0 spiro atoms. The first-order chi connectivity index (χ1) is 7.22. The first kappa shape index (κ1) is 12.5. The molecule has 0 aliphatic carbocycles. The van der Waals surface area contributed by atoms with E-state index in [-0.39, 0.29) is 0 Å². The third kappa shape index (κ3) is 5.14. The number of piperidine rings is 1. The van der Waals surface area contributed by atoms with Gasteiger partial charge < -0.3 is 14.7 Å². The highest BCUT2D eigenvalue weighted by Crippen LogP contribution is 2.20. The van der Waals surface area contributed by atoms with Crippen molar-refractivity contribution < 1.29 is 14.6 Å². The molecule has 0 aromatic heterocycles. The lowest BCUT2D eigenvalue weighted by atomic mass is 9.93. The monoisotopic (exact) mass is 215 g/mol. The molecule has 4 nitrogen and oxygen atoms in total. The molecular formula is C11H21NO3. The molecule has 1 atom stereocenters. The lowest BCUT2D eigenvalue weighted by molar-refractivity contribution is -0.137. The Morgan fingerprint density at radius 2 is 2.40 bits per heavy atom. The summed E-state index contributed by atoms with van der Waals surface area (Å²) in [5.41, 5.74) is 0. The van der Waals surface area contributed by atoms with Crippen LogP contribution in [0.15, 0.2) is 0 Å². The average Bonchev–Trinajstić information content (AvgIpc) is 2.24. The molecule has 1 saturated heterocycles. The number of likely N-dealkylation sites (tertiary alicyclic amines) is 1. The van der Waals surface area contributed by atoms with Crippen LogP contribution in [0, 0.1) is 5.92 Å². The second kappa shape index (κ2) is 6.80. The Kier molecular flexibility index (Phi) is 5.65. The summed E-state index contributed by atoms with van der Waals surface area (Å²) in [6, 6.07) is 0. The Morgan fingerprint density at radius 3 is 3.07 bits per heavy atom. The molecule has 1 unspecified atom stereocenters. The van der Waals surface area contributed by atoms with Gasteiger partial charge in [0.2, 0.25) is 0 Å². The zero-order valence-electron chi connectivity index (χ0n) is 9.45. The summed E-state index contributed by atoms with van der Waals surface area (Å²) in [5.74, 6) is -0.115. The van der Waals surface area contributed by atoms with Gasteiger partial charge in [-0.05, 0) is 31.7 Å². The third-order valence-corrected chi connectivity index (χ3v) is 2.98. The first-order valence-corrected chi connectivity index (χ1v) is 5.65. The van der Waals surface area contributed by atoms with Crippen molar-refractivity contribution in [3.8, 4) is 0 Å². The van der Waals surface area contributed by atoms with E-state index >= 15 is 0 Å². The van der Waals surface area contributed by atoms with Crippen molar-refractivity contribution in [2.45, 2.75) is 25.7 Å². The molecule has 1 rings (SSSR count). The molecule has 0 aromatic rings. The van der Waals surface area contributed by atoms with Gasteiger partial charge in [0.1, 0.15) is 0 Å². The van der Waals surface area contributed by atoms with Crippen molar-refractivity contribution in [1.29, 1.82) is 0 Å². The van der Waals surface area contributed by atoms with Crippen LogP contribution in [-0.2, 0) is 9.53 Å². The van der Waals surface area contributed by atoms with E-state index in [1.807, 2.05) is 0 Å². The SMILES string of the molecule is COCCN1CCCC(CCC(=O)O)C1. The summed E-state index contributed by atoms with van der Waals surface area (Å²) < 4.78 is 5.04. The van der Waals surface area contributed by atoms with Crippen LogP contribution in [0.1, 0.15) is 25.7 Å². The van der Waals surface area contributed by atoms with Crippen LogP contribution in [0.4, 0.5) is 0 Å². The molecule has 1 heterocycles. The normalized spacial score (nSPS) is 22.9. The number of hydrogen-bond donors (Lipinski definition) is 1. The van der Waals surface area contributed by atoms with Gasteiger partial charge in [0.15, 0.2) is 0 Å². The first-order valence-electron chi connectivity index (χ1n) is 5.65. The van der Waals surface area contributed by atoms with Crippen molar-refractivity contribution in [2.75, 3.05) is 33.4 Å². The molecule has 0 radical (unpaired) electrons. The number of carboxylic acids is 1. The number of ether oxygens (including phenoxy) is 1. The van der Waals surface area contributed by atoms with E-state index in [0.717, 1.165) is 32.7 Å². The molecule has 1 N–H and O–H groups in total. The minimum absolute atomic E-state index is 0.308. The highest BCUT2D eigenvalue weighted by Gasteiger charge is 2.19. The molecule has 4 heteroatoms. The van der Waals surface area contributed by atoms with Crippen molar-refractivity contribution in [3.63, 3.8) is 0 Å². The van der Waals surface area contributed by atoms with Crippen LogP contribution < -0.4 is 0 Å². The summed E-state index contributed by atoms with van der Waals surface area (Å²) in [5, 5.41) is 8.62. The van der Waals surface area contributed by atoms with Crippen LogP contribution in [0.3, 0.4) is 0 Å². The van der Waals surface area contributed by atoms with Gasteiger partial charge >= 0.3 is 5.97 Å². The van der Waals surface area contributed by atoms with Gasteiger partial charge in [-0.25, -0.2) is 0 Å². The van der Waals surface area contributed by atoms with Gasteiger partial charge in [-0.15, -0.1) is 0 Å². The van der Waals surface area contributed by atoms with Gasteiger partial charge in [0.25, 0.3) is 0 Å². The van der Waals surface area contributed by atoms with Crippen molar-refractivity contribution in [2.24, 2.45) is 5.92 Å². The van der Waals surface area contributed by atoms with E-state index in [2.05, 4.69) is 4.90 Å². The molecule has 0 bridgehead atoms. The van der Waals surface area contributed by atoms with Crippen LogP contribution in [0.2, 0.25) is 0 Å². The lowest BCUT2D eigenvalue weighted by Crippen LogP contribution is -2.37. The predicted octanol–water partition coefficient (Wildman–Crippen LogP) is 1.21. The van der Waals surface area contributed by atoms with Crippen LogP contribution in [0.5, 0.6) is 0 Å². The molecular weight excluding hydrogens is 194 g/mol. The summed E-state index contributed by atoms with van der Waals surface area (Å²) in [6.45, 7) is 3.91. The summed E-state index contributed by atoms with van der Waals surface area (Å²) in [7, 11) is 1.71. The Morgan fingerprint density at radius 1 is 1.60 bits per heavy atom. The minimum Gasteiger partial charge on any atom is -0.481 e. The second-order valence-corrected chi connectivity index (χ2v) is 4.23. The van der Waals surface area contributed by atoms with Gasteiger partial charge in [-0.3, -0.25) is 4.79 Å². The number of methoxy groups -OCH3 is 1. The number of nitrogens with zero attached hydrogens (tertiary/aromatic N) is 1. The summed E-state index contributed by atoms with van der Waals surface area (Å²) in [6.07, 6.45) is 3.49. The summed E-state index contributed by atoms with van der Waals surface area (Å²) in [4.78, 5) is 12.8. The summed E-state index contributed by atoms with van der Waals surface area (Å²) >= 11 is 0. The third-order valence-electron chi connectivity index (χ3n) is 2.98. The van der Waals surface area contributed by atoms with Gasteiger partial charge in [0, 0.05) is 26.6 Å². The van der Waals surface area contributed by atoms with E-state index in [0.29, 0.717) is 12.3 Å². The molecule has 1 aliphatic rings. The van der Waals surface area contributed by atoms with E-state index in [4.69, 9.17) is 9.84 Å². The molecule has 0 aromatic carbocycles. The quantitative estimate of drug-likeness (QED) is 0.723. The van der Waals surface area contributed by atoms with Crippen LogP contribution in [-0.4, -0.2) is 49.3 Å². The Labute approximate surface area is 91.2 Å². The fourth-order valence-corrected chi connectivity index (χ4v) is 2.14. The smallest absolute Gasteiger partial charge is 0.303 e. The van der Waals surface area contributed by atoms with E-state index in [9.17, 15) is 4.79 Å². The maximum Gasteiger partial charge on any atom is 0.303 e. The molecule has 88 valence electrons. The predicted molar refractivity (Wildman–Crippen MR) is 57.9 cm³/mol. The molecule has 0 saturated carbocycles. The highest BCUT2D eigenvalue weighted by molar-refractivity contribution is 5.66. The van der Waals surface area contributed by atoms with E-state index in [1.165, 1.54) is 12.8 Å². The van der Waals surface area contributed by atoms with Gasteiger partial charge in [-0.1, -0.05) is 0 Å². The zero-order chi connectivity index (χ0) is 11.1. The number of carboxylic acid groups (broad SMARTS) is 1. The number of rotatable bonds is 6. The Bertz CT molecular complexity index is 196. The maximum atomic E-state index is 10.5. The van der Waals surface area contributed by atoms with E-state index < -0.39 is 5.97 Å². The van der Waals surface area contributed by atoms with Gasteiger partial charge in [0.05, 0.1) is 6.61 Å². The topological polar surface area (TPSA) is 49.8 Å². The molecule has 1 fully saturated rings. The largest absolute Gasteiger partial charge is 0.481 e. The molecule has 1 aliphatic heterocycles. The maximum absolute atomic E-state index is 10.5. The van der Waals surface area contributed by atoms with Crippen LogP contribution in [0.25, 0.3) is 0 Å². The zero-order valence-corrected chi connectivity index (χ0v) is 9.45. The standard InChI is InChI=1S/C11H21NO3/c1-15-8-7-12-6-2-3-10(9-12)4-5-11(13)14/h10H,2-9H2,1H3,(H,13,14). The van der Waals surface area contributed by atoms with Crippen molar-refractivity contribution >= 4 is 5.97 Å². The lowest BCUT2D eigenvalue weighted by Gasteiger charge is -2.32. The Hall–Kier alpha value is -0.610. The van der Waals surface area contributed by atoms with Crippen molar-refractivity contribution in [3.05, 3.63) is 0 Å². The average molecular weight is 215 g/mol. The number of carbonyl (C=O) groups is 1. The fourth-order valence-electron chi connectivity index (χ4n) is 2.14. The highest BCUT2D eigenvalue weighted by atomic mass is 16.5. The van der Waals surface area contributed by atoms with Crippen molar-refractivity contribution in [1.82, 2.24) is 4.90 Å². The Balaban J connectivity index is 2.19. The van der Waals surface area contributed by atoms with Gasteiger partial charge in [-0.2, -0.15) is 0 Å². The van der Waals surface area contributed by atoms with Crippen LogP contribution >= 0.6 is 0 Å². The minimum atomic E-state index is -0.677. The molecule has 0 amide bonds. The number of hydrogen-bond acceptors (Lipinski definition) is 3. The molecule has 15 heavy (non-hydrogen) atoms. The number of aliphatic carboxylic acids is 1. The fraction of sp³-hybridized carbons (Fsp3) is 0.909. The van der Waals surface area contributed by atoms with E-state index in [1.54, 1.807) is 7.11 Å². The second-order valence-electron chi connectivity index (χ2n) is 4.23.